The molecular weight excluding hydrogens is 234 g/mol. The Hall–Kier alpha value is -0.870. The van der Waals surface area contributed by atoms with Gasteiger partial charge >= 0.3 is 0 Å². The van der Waals surface area contributed by atoms with E-state index in [9.17, 15) is 8.78 Å². The first-order chi connectivity index (χ1) is 7.41. The monoisotopic (exact) mass is 248 g/mol. The van der Waals surface area contributed by atoms with Gasteiger partial charge in [-0.15, -0.1) is 0 Å². The lowest BCUT2D eigenvalue weighted by Crippen LogP contribution is -2.24. The second-order valence-electron chi connectivity index (χ2n) is 3.77. The van der Waals surface area contributed by atoms with Crippen LogP contribution < -0.4 is 10.6 Å². The molecule has 90 valence electrons. The number of nitrogens with zero attached hydrogens (tertiary/aromatic N) is 1. The van der Waals surface area contributed by atoms with E-state index in [0.717, 1.165) is 5.56 Å². The van der Waals surface area contributed by atoms with Gasteiger partial charge in [0.2, 0.25) is 0 Å². The quantitative estimate of drug-likeness (QED) is 0.887. The maximum atomic E-state index is 12.2. The first kappa shape index (κ1) is 13.2. The predicted octanol–water partition coefficient (Wildman–Crippen LogP) is 3.06. The number of alkyl halides is 2. The fourth-order valence-corrected chi connectivity index (χ4v) is 1.78. The normalized spacial score (nSPS) is 12.9. The van der Waals surface area contributed by atoms with Gasteiger partial charge in [0, 0.05) is 23.8 Å². The molecule has 1 aromatic rings. The maximum absolute atomic E-state index is 12.2. The van der Waals surface area contributed by atoms with Crippen molar-refractivity contribution in [3.63, 3.8) is 0 Å². The van der Waals surface area contributed by atoms with Crippen LogP contribution in [0.5, 0.6) is 0 Å². The molecule has 0 spiro atoms. The lowest BCUT2D eigenvalue weighted by molar-refractivity contribution is 0.156. The first-order valence-corrected chi connectivity index (χ1v) is 5.34. The van der Waals surface area contributed by atoms with Crippen LogP contribution in [0.1, 0.15) is 18.5 Å². The Bertz CT molecular complexity index is 356. The highest BCUT2D eigenvalue weighted by Gasteiger charge is 2.11. The molecule has 0 heterocycles. The average molecular weight is 249 g/mol. The van der Waals surface area contributed by atoms with Gasteiger partial charge in [-0.1, -0.05) is 17.7 Å². The summed E-state index contributed by atoms with van der Waals surface area (Å²) in [4.78, 5) is 1.46. The number of anilines is 1. The van der Waals surface area contributed by atoms with Crippen LogP contribution in [-0.4, -0.2) is 20.0 Å². The summed E-state index contributed by atoms with van der Waals surface area (Å²) < 4.78 is 24.4. The Morgan fingerprint density at radius 1 is 1.44 bits per heavy atom. The SMILES string of the molecule is CC(N)c1ccc(N(C)CC(F)F)cc1Cl. The molecule has 2 nitrogen and oxygen atoms in total. The second-order valence-corrected chi connectivity index (χ2v) is 4.17. The lowest BCUT2D eigenvalue weighted by atomic mass is 10.1. The molecule has 0 radical (unpaired) electrons. The van der Waals surface area contributed by atoms with Crippen LogP contribution in [0, 0.1) is 0 Å². The third-order valence-electron chi connectivity index (χ3n) is 2.33. The van der Waals surface area contributed by atoms with Crippen LogP contribution in [0.15, 0.2) is 18.2 Å². The summed E-state index contributed by atoms with van der Waals surface area (Å²) in [6.45, 7) is 1.51. The minimum Gasteiger partial charge on any atom is -0.369 e. The topological polar surface area (TPSA) is 29.3 Å². The van der Waals surface area contributed by atoms with Gasteiger partial charge in [-0.2, -0.15) is 0 Å². The Morgan fingerprint density at radius 3 is 2.50 bits per heavy atom. The summed E-state index contributed by atoms with van der Waals surface area (Å²) in [5.74, 6) is 0. The predicted molar refractivity (Wildman–Crippen MR) is 63.3 cm³/mol. The highest BCUT2D eigenvalue weighted by atomic mass is 35.5. The van der Waals surface area contributed by atoms with Crippen molar-refractivity contribution in [3.8, 4) is 0 Å². The van der Waals surface area contributed by atoms with Crippen molar-refractivity contribution in [3.05, 3.63) is 28.8 Å². The Morgan fingerprint density at radius 2 is 2.06 bits per heavy atom. The number of benzene rings is 1. The third kappa shape index (κ3) is 3.32. The van der Waals surface area contributed by atoms with E-state index in [1.165, 1.54) is 4.90 Å². The van der Waals surface area contributed by atoms with Gasteiger partial charge < -0.3 is 10.6 Å². The molecule has 0 aliphatic heterocycles. The molecule has 16 heavy (non-hydrogen) atoms. The smallest absolute Gasteiger partial charge is 0.255 e. The van der Waals surface area contributed by atoms with Crippen LogP contribution in [0.25, 0.3) is 0 Å². The number of rotatable bonds is 4. The Balaban J connectivity index is 2.88. The zero-order chi connectivity index (χ0) is 12.3. The van der Waals surface area contributed by atoms with Crippen LogP contribution in [0.2, 0.25) is 5.02 Å². The fraction of sp³-hybridized carbons (Fsp3) is 0.455. The van der Waals surface area contributed by atoms with Crippen molar-refractivity contribution in [1.29, 1.82) is 0 Å². The molecular formula is C11H15ClF2N2. The summed E-state index contributed by atoms with van der Waals surface area (Å²) in [6.07, 6.45) is -2.36. The highest BCUT2D eigenvalue weighted by Crippen LogP contribution is 2.26. The van der Waals surface area contributed by atoms with E-state index in [-0.39, 0.29) is 12.6 Å². The molecule has 1 unspecified atom stereocenters. The second kappa shape index (κ2) is 5.46. The summed E-state index contributed by atoms with van der Waals surface area (Å²) in [5, 5.41) is 0.508. The average Bonchev–Trinajstić information content (AvgIpc) is 2.15. The molecule has 5 heteroatoms. The van der Waals surface area contributed by atoms with Crippen molar-refractivity contribution in [1.82, 2.24) is 0 Å². The van der Waals surface area contributed by atoms with Crippen molar-refractivity contribution >= 4 is 17.3 Å². The molecule has 1 aromatic carbocycles. The minimum atomic E-state index is -2.36. The van der Waals surface area contributed by atoms with Gasteiger partial charge in [0.05, 0.1) is 6.54 Å². The molecule has 0 amide bonds. The third-order valence-corrected chi connectivity index (χ3v) is 2.65. The number of hydrogen-bond donors (Lipinski definition) is 1. The number of halogens is 3. The van der Waals surface area contributed by atoms with Crippen LogP contribution in [-0.2, 0) is 0 Å². The molecule has 0 saturated heterocycles. The number of hydrogen-bond acceptors (Lipinski definition) is 2. The van der Waals surface area contributed by atoms with Gasteiger partial charge in [-0.05, 0) is 24.6 Å². The van der Waals surface area contributed by atoms with Crippen LogP contribution in [0.4, 0.5) is 14.5 Å². The molecule has 0 aliphatic rings. The van der Waals surface area contributed by atoms with E-state index in [2.05, 4.69) is 0 Å². The molecule has 0 fully saturated rings. The van der Waals surface area contributed by atoms with Gasteiger partial charge in [0.25, 0.3) is 6.43 Å². The first-order valence-electron chi connectivity index (χ1n) is 4.96. The summed E-state index contributed by atoms with van der Waals surface area (Å²) in [6, 6.07) is 5.00. The summed E-state index contributed by atoms with van der Waals surface area (Å²) in [7, 11) is 1.60. The van der Waals surface area contributed by atoms with Crippen molar-refractivity contribution < 1.29 is 8.78 Å². The molecule has 2 N–H and O–H groups in total. The molecule has 0 aromatic heterocycles. The Kier molecular flexibility index (Phi) is 4.50. The van der Waals surface area contributed by atoms with Gasteiger partial charge in [0.1, 0.15) is 0 Å². The van der Waals surface area contributed by atoms with Gasteiger partial charge in [-0.25, -0.2) is 8.78 Å². The molecule has 0 aliphatic carbocycles. The van der Waals surface area contributed by atoms with E-state index in [4.69, 9.17) is 17.3 Å². The largest absolute Gasteiger partial charge is 0.369 e. The molecule has 0 saturated carbocycles. The Labute approximate surface area is 99.0 Å². The van der Waals surface area contributed by atoms with Crippen molar-refractivity contribution in [2.45, 2.75) is 19.4 Å². The summed E-state index contributed by atoms with van der Waals surface area (Å²) in [5.41, 5.74) is 7.18. The zero-order valence-corrected chi connectivity index (χ0v) is 10.0. The van der Waals surface area contributed by atoms with Crippen molar-refractivity contribution in [2.75, 3.05) is 18.5 Å². The zero-order valence-electron chi connectivity index (χ0n) is 9.25. The number of nitrogens with two attached hydrogens (primary N) is 1. The van der Waals surface area contributed by atoms with Crippen LogP contribution in [0.3, 0.4) is 0 Å². The lowest BCUT2D eigenvalue weighted by Gasteiger charge is -2.20. The van der Waals surface area contributed by atoms with Crippen molar-refractivity contribution in [2.24, 2.45) is 5.73 Å². The van der Waals surface area contributed by atoms with E-state index >= 15 is 0 Å². The van der Waals surface area contributed by atoms with E-state index in [1.54, 1.807) is 25.2 Å². The minimum absolute atomic E-state index is 0.165. The van der Waals surface area contributed by atoms with Gasteiger partial charge in [0.15, 0.2) is 0 Å². The summed E-state index contributed by atoms with van der Waals surface area (Å²) >= 11 is 6.01. The van der Waals surface area contributed by atoms with E-state index < -0.39 is 6.43 Å². The standard InChI is InChI=1S/C11H15ClF2N2/c1-7(15)9-4-3-8(5-10(9)12)16(2)6-11(13)14/h3-5,7,11H,6,15H2,1-2H3. The van der Waals surface area contributed by atoms with Gasteiger partial charge in [-0.3, -0.25) is 0 Å². The molecule has 1 rings (SSSR count). The molecule has 1 atom stereocenters. The fourth-order valence-electron chi connectivity index (χ4n) is 1.44. The molecule has 0 bridgehead atoms. The van der Waals surface area contributed by atoms with Crippen LogP contribution >= 0.6 is 11.6 Å². The van der Waals surface area contributed by atoms with E-state index in [0.29, 0.717) is 10.7 Å². The van der Waals surface area contributed by atoms with E-state index in [1.807, 2.05) is 6.92 Å². The maximum Gasteiger partial charge on any atom is 0.255 e. The highest BCUT2D eigenvalue weighted by molar-refractivity contribution is 6.31.